The molecule has 21 heavy (non-hydrogen) atoms. The molecule has 0 saturated carbocycles. The minimum Gasteiger partial charge on any atom is -0.388 e. The molecular weight excluding hydrogens is 270 g/mol. The standard InChI is InChI=1S/C15H19N3O3/c1-4-15(3,19)9-16-14-7-10(2)17-13-6-5-11(18(20)21)8-12(13)14/h5-8,19H,4,9H2,1-3H3,(H,16,17). The van der Waals surface area contributed by atoms with Crippen molar-refractivity contribution in [3.63, 3.8) is 0 Å². The fourth-order valence-electron chi connectivity index (χ4n) is 2.02. The number of nitrogens with one attached hydrogen (secondary N) is 1. The summed E-state index contributed by atoms with van der Waals surface area (Å²) in [6, 6.07) is 6.42. The molecular formula is C15H19N3O3. The fraction of sp³-hybridized carbons (Fsp3) is 0.400. The zero-order valence-electron chi connectivity index (χ0n) is 12.4. The minimum absolute atomic E-state index is 0.0263. The highest BCUT2D eigenvalue weighted by molar-refractivity contribution is 5.93. The molecule has 0 saturated heterocycles. The van der Waals surface area contributed by atoms with Gasteiger partial charge in [-0.15, -0.1) is 0 Å². The van der Waals surface area contributed by atoms with Gasteiger partial charge in [0.1, 0.15) is 0 Å². The Balaban J connectivity index is 2.45. The molecule has 0 aliphatic carbocycles. The molecule has 6 nitrogen and oxygen atoms in total. The SMILES string of the molecule is CCC(C)(O)CNc1cc(C)nc2ccc([N+](=O)[O-])cc12. The Morgan fingerprint density at radius 1 is 1.43 bits per heavy atom. The molecule has 1 aromatic carbocycles. The van der Waals surface area contributed by atoms with Crippen molar-refractivity contribution in [3.8, 4) is 0 Å². The average Bonchev–Trinajstić information content (AvgIpc) is 2.44. The van der Waals surface area contributed by atoms with Crippen LogP contribution in [0.4, 0.5) is 11.4 Å². The first-order chi connectivity index (χ1) is 9.82. The molecule has 1 heterocycles. The zero-order chi connectivity index (χ0) is 15.6. The summed E-state index contributed by atoms with van der Waals surface area (Å²) >= 11 is 0. The molecule has 0 aliphatic heterocycles. The maximum Gasteiger partial charge on any atom is 0.270 e. The van der Waals surface area contributed by atoms with E-state index in [1.807, 2.05) is 19.9 Å². The van der Waals surface area contributed by atoms with Gasteiger partial charge in [-0.3, -0.25) is 15.1 Å². The lowest BCUT2D eigenvalue weighted by molar-refractivity contribution is -0.384. The Kier molecular flexibility index (Phi) is 4.09. The van der Waals surface area contributed by atoms with Gasteiger partial charge in [0.15, 0.2) is 0 Å². The van der Waals surface area contributed by atoms with E-state index in [4.69, 9.17) is 0 Å². The quantitative estimate of drug-likeness (QED) is 0.652. The number of benzene rings is 1. The van der Waals surface area contributed by atoms with Crippen LogP contribution in [0.2, 0.25) is 0 Å². The van der Waals surface area contributed by atoms with Crippen LogP contribution in [0, 0.1) is 17.0 Å². The number of aliphatic hydroxyl groups is 1. The lowest BCUT2D eigenvalue weighted by Gasteiger charge is -2.23. The van der Waals surface area contributed by atoms with E-state index in [2.05, 4.69) is 10.3 Å². The van der Waals surface area contributed by atoms with Gasteiger partial charge in [0.2, 0.25) is 0 Å². The number of nitro groups is 1. The first-order valence-electron chi connectivity index (χ1n) is 6.84. The number of non-ortho nitro benzene ring substituents is 1. The van der Waals surface area contributed by atoms with Gasteiger partial charge < -0.3 is 10.4 Å². The summed E-state index contributed by atoms with van der Waals surface area (Å²) in [7, 11) is 0. The van der Waals surface area contributed by atoms with Crippen molar-refractivity contribution in [1.29, 1.82) is 0 Å². The van der Waals surface area contributed by atoms with Gasteiger partial charge in [0, 0.05) is 35.4 Å². The predicted octanol–water partition coefficient (Wildman–Crippen LogP) is 3.02. The zero-order valence-corrected chi connectivity index (χ0v) is 12.4. The number of nitro benzene ring substituents is 1. The maximum atomic E-state index is 10.9. The molecule has 112 valence electrons. The van der Waals surface area contributed by atoms with Crippen molar-refractivity contribution in [2.24, 2.45) is 0 Å². The van der Waals surface area contributed by atoms with E-state index in [0.717, 1.165) is 11.4 Å². The second-order valence-electron chi connectivity index (χ2n) is 5.47. The molecule has 2 N–H and O–H groups in total. The van der Waals surface area contributed by atoms with Gasteiger partial charge >= 0.3 is 0 Å². The highest BCUT2D eigenvalue weighted by Gasteiger charge is 2.18. The number of aryl methyl sites for hydroxylation is 1. The summed E-state index contributed by atoms with van der Waals surface area (Å²) < 4.78 is 0. The van der Waals surface area contributed by atoms with Crippen LogP contribution < -0.4 is 5.32 Å². The normalized spacial score (nSPS) is 13.9. The number of anilines is 1. The molecule has 6 heteroatoms. The smallest absolute Gasteiger partial charge is 0.270 e. The van der Waals surface area contributed by atoms with Gasteiger partial charge in [0.25, 0.3) is 5.69 Å². The van der Waals surface area contributed by atoms with Gasteiger partial charge in [0.05, 0.1) is 16.0 Å². The van der Waals surface area contributed by atoms with Gasteiger partial charge in [-0.25, -0.2) is 0 Å². The number of pyridine rings is 1. The average molecular weight is 289 g/mol. The molecule has 0 fully saturated rings. The molecule has 2 rings (SSSR count). The molecule has 0 radical (unpaired) electrons. The Morgan fingerprint density at radius 2 is 2.14 bits per heavy atom. The van der Waals surface area contributed by atoms with Crippen LogP contribution >= 0.6 is 0 Å². The number of nitrogens with zero attached hydrogens (tertiary/aromatic N) is 2. The summed E-state index contributed by atoms with van der Waals surface area (Å²) in [5.41, 5.74) is 1.45. The van der Waals surface area contributed by atoms with Crippen LogP contribution in [0.15, 0.2) is 24.3 Å². The molecule has 0 bridgehead atoms. The van der Waals surface area contributed by atoms with Crippen LogP contribution in [0.1, 0.15) is 26.0 Å². The summed E-state index contributed by atoms with van der Waals surface area (Å²) in [5, 5.41) is 24.8. The minimum atomic E-state index is -0.829. The Morgan fingerprint density at radius 3 is 2.76 bits per heavy atom. The monoisotopic (exact) mass is 289 g/mol. The number of rotatable bonds is 5. The molecule has 0 amide bonds. The lowest BCUT2D eigenvalue weighted by atomic mass is 10.0. The number of fused-ring (bicyclic) bond motifs is 1. The summed E-state index contributed by atoms with van der Waals surface area (Å²) in [5.74, 6) is 0. The van der Waals surface area contributed by atoms with Crippen molar-refractivity contribution in [3.05, 3.63) is 40.1 Å². The third-order valence-corrected chi connectivity index (χ3v) is 3.55. The molecule has 0 spiro atoms. The highest BCUT2D eigenvalue weighted by atomic mass is 16.6. The van der Waals surface area contributed by atoms with Crippen LogP contribution in [-0.2, 0) is 0 Å². The highest BCUT2D eigenvalue weighted by Crippen LogP contribution is 2.27. The first kappa shape index (κ1) is 15.2. The number of aromatic nitrogens is 1. The summed E-state index contributed by atoms with van der Waals surface area (Å²) in [6.07, 6.45) is 0.613. The van der Waals surface area contributed by atoms with E-state index in [-0.39, 0.29) is 5.69 Å². The van der Waals surface area contributed by atoms with Crippen molar-refractivity contribution >= 4 is 22.3 Å². The summed E-state index contributed by atoms with van der Waals surface area (Å²) in [6.45, 7) is 5.88. The maximum absolute atomic E-state index is 10.9. The second kappa shape index (κ2) is 5.65. The third-order valence-electron chi connectivity index (χ3n) is 3.55. The fourth-order valence-corrected chi connectivity index (χ4v) is 2.02. The molecule has 1 aromatic heterocycles. The van der Waals surface area contributed by atoms with E-state index in [1.165, 1.54) is 12.1 Å². The lowest BCUT2D eigenvalue weighted by Crippen LogP contribution is -2.32. The van der Waals surface area contributed by atoms with Gasteiger partial charge in [-0.1, -0.05) is 6.92 Å². The predicted molar refractivity (Wildman–Crippen MR) is 82.5 cm³/mol. The molecule has 1 unspecified atom stereocenters. The van der Waals surface area contributed by atoms with Crippen LogP contribution in [0.5, 0.6) is 0 Å². The van der Waals surface area contributed by atoms with E-state index in [9.17, 15) is 15.2 Å². The third kappa shape index (κ3) is 3.46. The second-order valence-corrected chi connectivity index (χ2v) is 5.47. The van der Waals surface area contributed by atoms with E-state index >= 15 is 0 Å². The van der Waals surface area contributed by atoms with Crippen molar-refractivity contribution in [2.45, 2.75) is 32.8 Å². The van der Waals surface area contributed by atoms with Crippen LogP contribution in [0.3, 0.4) is 0 Å². The topological polar surface area (TPSA) is 88.3 Å². The van der Waals surface area contributed by atoms with Crippen molar-refractivity contribution in [2.75, 3.05) is 11.9 Å². The van der Waals surface area contributed by atoms with Crippen molar-refractivity contribution in [1.82, 2.24) is 4.98 Å². The molecule has 2 aromatic rings. The van der Waals surface area contributed by atoms with E-state index in [0.29, 0.717) is 23.9 Å². The Labute approximate surface area is 123 Å². The van der Waals surface area contributed by atoms with Gasteiger partial charge in [-0.2, -0.15) is 0 Å². The molecule has 1 atom stereocenters. The number of hydrogen-bond donors (Lipinski definition) is 2. The largest absolute Gasteiger partial charge is 0.388 e. The van der Waals surface area contributed by atoms with Crippen molar-refractivity contribution < 1.29 is 10.0 Å². The Hall–Kier alpha value is -2.21. The van der Waals surface area contributed by atoms with Crippen LogP contribution in [0.25, 0.3) is 10.9 Å². The molecule has 0 aliphatic rings. The summed E-state index contributed by atoms with van der Waals surface area (Å²) in [4.78, 5) is 14.9. The first-order valence-corrected chi connectivity index (χ1v) is 6.84. The Bertz CT molecular complexity index is 683. The van der Waals surface area contributed by atoms with E-state index in [1.54, 1.807) is 13.0 Å². The number of hydrogen-bond acceptors (Lipinski definition) is 5. The van der Waals surface area contributed by atoms with Crippen LogP contribution in [-0.4, -0.2) is 27.2 Å². The van der Waals surface area contributed by atoms with Gasteiger partial charge in [-0.05, 0) is 32.4 Å². The van der Waals surface area contributed by atoms with E-state index < -0.39 is 10.5 Å².